The first-order valence-electron chi connectivity index (χ1n) is 6.69. The molecule has 2 saturated heterocycles. The zero-order chi connectivity index (χ0) is 14.8. The Balaban J connectivity index is 1.77. The number of rotatable bonds is 2. The number of carbonyl (C=O) groups excluding carboxylic acids is 2. The highest BCUT2D eigenvalue weighted by atomic mass is 79.9. The van der Waals surface area contributed by atoms with Crippen LogP contribution < -0.4 is 4.90 Å². The number of hydrogen-bond acceptors (Lipinski definition) is 4. The Morgan fingerprint density at radius 1 is 1.24 bits per heavy atom. The van der Waals surface area contributed by atoms with Crippen molar-refractivity contribution in [1.82, 2.24) is 0 Å². The molecule has 0 aliphatic carbocycles. The van der Waals surface area contributed by atoms with Crippen LogP contribution in [0.5, 0.6) is 0 Å². The SMILES string of the molecule is O=C1[C@H]2[C@@H](C(=O)N1c1ccc(Br)cc1)[C@]1(CO)C=C[C@H]2O1. The molecule has 2 bridgehead atoms. The summed E-state index contributed by atoms with van der Waals surface area (Å²) in [6.45, 7) is -0.297. The van der Waals surface area contributed by atoms with Crippen LogP contribution in [0, 0.1) is 11.8 Å². The molecule has 0 unspecified atom stereocenters. The minimum absolute atomic E-state index is 0.253. The van der Waals surface area contributed by atoms with Gasteiger partial charge >= 0.3 is 0 Å². The third kappa shape index (κ3) is 1.58. The summed E-state index contributed by atoms with van der Waals surface area (Å²) >= 11 is 3.33. The molecule has 2 amide bonds. The molecule has 0 spiro atoms. The Bertz CT molecular complexity index is 671. The smallest absolute Gasteiger partial charge is 0.241 e. The second-order valence-electron chi connectivity index (χ2n) is 5.55. The number of fused-ring (bicyclic) bond motifs is 5. The van der Waals surface area contributed by atoms with E-state index in [0.717, 1.165) is 4.47 Å². The van der Waals surface area contributed by atoms with E-state index in [-0.39, 0.29) is 18.4 Å². The van der Waals surface area contributed by atoms with Crippen LogP contribution in [0.1, 0.15) is 0 Å². The van der Waals surface area contributed by atoms with Gasteiger partial charge in [-0.1, -0.05) is 28.1 Å². The summed E-state index contributed by atoms with van der Waals surface area (Å²) in [5.74, 6) is -1.71. The fourth-order valence-electron chi connectivity index (χ4n) is 3.53. The first-order chi connectivity index (χ1) is 10.1. The van der Waals surface area contributed by atoms with Crippen molar-refractivity contribution in [2.24, 2.45) is 11.8 Å². The van der Waals surface area contributed by atoms with Crippen LogP contribution in [-0.4, -0.2) is 35.2 Å². The molecule has 5 nitrogen and oxygen atoms in total. The summed E-state index contributed by atoms with van der Waals surface area (Å²) in [6.07, 6.45) is 3.07. The molecule has 3 aliphatic rings. The number of halogens is 1. The van der Waals surface area contributed by atoms with Gasteiger partial charge in [-0.15, -0.1) is 0 Å². The van der Waals surface area contributed by atoms with Crippen LogP contribution in [0.3, 0.4) is 0 Å². The van der Waals surface area contributed by atoms with E-state index >= 15 is 0 Å². The molecule has 1 N–H and O–H groups in total. The first kappa shape index (κ1) is 13.2. The molecule has 3 heterocycles. The maximum absolute atomic E-state index is 12.7. The summed E-state index contributed by atoms with van der Waals surface area (Å²) < 4.78 is 6.56. The molecular formula is C15H12BrNO4. The number of imide groups is 1. The van der Waals surface area contributed by atoms with Gasteiger partial charge in [0.25, 0.3) is 0 Å². The number of amides is 2. The highest BCUT2D eigenvalue weighted by Crippen LogP contribution is 2.52. The van der Waals surface area contributed by atoms with Crippen LogP contribution in [-0.2, 0) is 14.3 Å². The van der Waals surface area contributed by atoms with Crippen molar-refractivity contribution in [3.05, 3.63) is 40.9 Å². The van der Waals surface area contributed by atoms with Crippen LogP contribution in [0.4, 0.5) is 5.69 Å². The van der Waals surface area contributed by atoms with E-state index in [0.29, 0.717) is 5.69 Å². The number of benzene rings is 1. The zero-order valence-electron chi connectivity index (χ0n) is 10.9. The summed E-state index contributed by atoms with van der Waals surface area (Å²) in [4.78, 5) is 26.6. The van der Waals surface area contributed by atoms with Crippen molar-refractivity contribution < 1.29 is 19.4 Å². The van der Waals surface area contributed by atoms with Crippen LogP contribution >= 0.6 is 15.9 Å². The molecule has 108 valence electrons. The molecular weight excluding hydrogens is 338 g/mol. The Morgan fingerprint density at radius 3 is 2.62 bits per heavy atom. The van der Waals surface area contributed by atoms with E-state index in [2.05, 4.69) is 15.9 Å². The second kappa shape index (κ2) is 4.25. The van der Waals surface area contributed by atoms with Crippen molar-refractivity contribution in [3.63, 3.8) is 0 Å². The van der Waals surface area contributed by atoms with Gasteiger partial charge in [-0.25, -0.2) is 4.90 Å². The monoisotopic (exact) mass is 349 g/mol. The summed E-state index contributed by atoms with van der Waals surface area (Å²) in [7, 11) is 0. The van der Waals surface area contributed by atoms with E-state index in [1.165, 1.54) is 4.90 Å². The van der Waals surface area contributed by atoms with Crippen molar-refractivity contribution in [1.29, 1.82) is 0 Å². The van der Waals surface area contributed by atoms with Gasteiger partial charge in [0.2, 0.25) is 11.8 Å². The largest absolute Gasteiger partial charge is 0.393 e. The average Bonchev–Trinajstić information content (AvgIpc) is 3.12. The quantitative estimate of drug-likeness (QED) is 0.644. The van der Waals surface area contributed by atoms with Gasteiger partial charge in [0, 0.05) is 4.47 Å². The molecule has 1 aromatic carbocycles. The Kier molecular flexibility index (Phi) is 2.67. The van der Waals surface area contributed by atoms with Gasteiger partial charge in [0.1, 0.15) is 5.60 Å². The van der Waals surface area contributed by atoms with Crippen LogP contribution in [0.2, 0.25) is 0 Å². The van der Waals surface area contributed by atoms with E-state index in [1.54, 1.807) is 36.4 Å². The molecule has 21 heavy (non-hydrogen) atoms. The predicted octanol–water partition coefficient (Wildman–Crippen LogP) is 1.25. The third-order valence-corrected chi connectivity index (χ3v) is 5.02. The molecule has 6 heteroatoms. The van der Waals surface area contributed by atoms with Crippen molar-refractivity contribution in [2.75, 3.05) is 11.5 Å². The normalized spacial score (nSPS) is 36.7. The van der Waals surface area contributed by atoms with Gasteiger partial charge in [-0.05, 0) is 24.3 Å². The van der Waals surface area contributed by atoms with Crippen LogP contribution in [0.25, 0.3) is 0 Å². The third-order valence-electron chi connectivity index (χ3n) is 4.49. The van der Waals surface area contributed by atoms with Gasteiger partial charge in [0.15, 0.2) is 0 Å². The molecule has 0 aromatic heterocycles. The zero-order valence-corrected chi connectivity index (χ0v) is 12.5. The van der Waals surface area contributed by atoms with Gasteiger partial charge < -0.3 is 9.84 Å². The fraction of sp³-hybridized carbons (Fsp3) is 0.333. The molecule has 1 aromatic rings. The lowest BCUT2D eigenvalue weighted by atomic mass is 9.77. The first-order valence-corrected chi connectivity index (χ1v) is 7.48. The highest BCUT2D eigenvalue weighted by Gasteiger charge is 2.67. The number of anilines is 1. The van der Waals surface area contributed by atoms with Crippen molar-refractivity contribution in [2.45, 2.75) is 11.7 Å². The maximum Gasteiger partial charge on any atom is 0.241 e. The fourth-order valence-corrected chi connectivity index (χ4v) is 3.79. The summed E-state index contributed by atoms with van der Waals surface area (Å²) in [5, 5.41) is 9.62. The summed E-state index contributed by atoms with van der Waals surface area (Å²) in [5.41, 5.74) is -0.485. The number of ether oxygens (including phenoxy) is 1. The maximum atomic E-state index is 12.7. The molecule has 3 aliphatic heterocycles. The number of aliphatic hydroxyl groups is 1. The van der Waals surface area contributed by atoms with E-state index in [4.69, 9.17) is 4.74 Å². The van der Waals surface area contributed by atoms with E-state index in [9.17, 15) is 14.7 Å². The molecule has 2 fully saturated rings. The van der Waals surface area contributed by atoms with Gasteiger partial charge in [-0.2, -0.15) is 0 Å². The standard InChI is InChI=1S/C15H12BrNO4/c16-8-1-3-9(4-2-8)17-13(19)11-10-5-6-15(7-18,21-10)12(11)14(17)20/h1-6,10-12,18H,7H2/t10-,11-,12+,15-/m1/s1. The molecule has 0 saturated carbocycles. The lowest BCUT2D eigenvalue weighted by molar-refractivity contribution is -0.128. The number of nitrogens with zero attached hydrogens (tertiary/aromatic N) is 1. The van der Waals surface area contributed by atoms with Crippen molar-refractivity contribution in [3.8, 4) is 0 Å². The number of carbonyl (C=O) groups is 2. The highest BCUT2D eigenvalue weighted by molar-refractivity contribution is 9.10. The Morgan fingerprint density at radius 2 is 1.95 bits per heavy atom. The predicted molar refractivity (Wildman–Crippen MR) is 77.4 cm³/mol. The van der Waals surface area contributed by atoms with Gasteiger partial charge in [0.05, 0.1) is 30.2 Å². The number of aliphatic hydroxyl groups excluding tert-OH is 1. The lowest BCUT2D eigenvalue weighted by Crippen LogP contribution is -2.43. The average molecular weight is 350 g/mol. The lowest BCUT2D eigenvalue weighted by Gasteiger charge is -2.26. The van der Waals surface area contributed by atoms with Crippen LogP contribution in [0.15, 0.2) is 40.9 Å². The Labute approximate surface area is 129 Å². The molecule has 4 rings (SSSR count). The minimum Gasteiger partial charge on any atom is -0.393 e. The second-order valence-corrected chi connectivity index (χ2v) is 6.46. The Hall–Kier alpha value is -1.50. The summed E-state index contributed by atoms with van der Waals surface area (Å²) in [6, 6.07) is 7.02. The van der Waals surface area contributed by atoms with Crippen molar-refractivity contribution >= 4 is 33.4 Å². The van der Waals surface area contributed by atoms with E-state index in [1.807, 2.05) is 0 Å². The van der Waals surface area contributed by atoms with Gasteiger partial charge in [-0.3, -0.25) is 9.59 Å². The molecule has 0 radical (unpaired) electrons. The number of hydrogen-bond donors (Lipinski definition) is 1. The topological polar surface area (TPSA) is 66.8 Å². The van der Waals surface area contributed by atoms with E-state index < -0.39 is 23.5 Å². The molecule has 4 atom stereocenters. The minimum atomic E-state index is -1.04.